The average Bonchev–Trinajstić information content (AvgIpc) is 2.59. The quantitative estimate of drug-likeness (QED) is 0.858. The van der Waals surface area contributed by atoms with Crippen LogP contribution in [0, 0.1) is 11.8 Å². The Bertz CT molecular complexity index is 573. The summed E-state index contributed by atoms with van der Waals surface area (Å²) >= 11 is 0. The van der Waals surface area contributed by atoms with Crippen LogP contribution in [0.2, 0.25) is 0 Å². The maximum absolute atomic E-state index is 12.4. The van der Waals surface area contributed by atoms with Gasteiger partial charge >= 0.3 is 5.97 Å². The van der Waals surface area contributed by atoms with Crippen LogP contribution in [0.25, 0.3) is 0 Å². The molecule has 124 valence electrons. The highest BCUT2D eigenvalue weighted by molar-refractivity contribution is 5.94. The molecule has 2 N–H and O–H groups in total. The molecule has 0 radical (unpaired) electrons. The van der Waals surface area contributed by atoms with Crippen LogP contribution in [0.5, 0.6) is 0 Å². The summed E-state index contributed by atoms with van der Waals surface area (Å²) in [4.78, 5) is 37.1. The van der Waals surface area contributed by atoms with Gasteiger partial charge in [0.2, 0.25) is 5.91 Å². The first-order chi connectivity index (χ1) is 11.0. The summed E-state index contributed by atoms with van der Waals surface area (Å²) in [6.45, 7) is 2.68. The molecule has 23 heavy (non-hydrogen) atoms. The second-order valence-corrected chi connectivity index (χ2v) is 5.94. The molecule has 2 rings (SSSR count). The molecule has 1 saturated heterocycles. The molecule has 6 nitrogen and oxygen atoms in total. The second kappa shape index (κ2) is 7.76. The van der Waals surface area contributed by atoms with Crippen LogP contribution in [-0.2, 0) is 9.59 Å². The van der Waals surface area contributed by atoms with Crippen molar-refractivity contribution in [1.29, 1.82) is 0 Å². The fraction of sp³-hybridized carbons (Fsp3) is 0.471. The van der Waals surface area contributed by atoms with Crippen molar-refractivity contribution in [3.63, 3.8) is 0 Å². The Morgan fingerprint density at radius 3 is 2.65 bits per heavy atom. The number of aliphatic carboxylic acids is 1. The fourth-order valence-electron chi connectivity index (χ4n) is 2.62. The zero-order valence-electron chi connectivity index (χ0n) is 13.2. The van der Waals surface area contributed by atoms with Crippen molar-refractivity contribution in [2.75, 3.05) is 19.6 Å². The van der Waals surface area contributed by atoms with E-state index in [1.54, 1.807) is 24.0 Å². The Morgan fingerprint density at radius 2 is 2.00 bits per heavy atom. The van der Waals surface area contributed by atoms with Crippen molar-refractivity contribution >= 4 is 17.8 Å². The first-order valence-electron chi connectivity index (χ1n) is 7.84. The van der Waals surface area contributed by atoms with Crippen LogP contribution in [-0.4, -0.2) is 47.4 Å². The summed E-state index contributed by atoms with van der Waals surface area (Å²) in [5, 5.41) is 11.5. The Balaban J connectivity index is 1.91. The number of nitrogens with zero attached hydrogens (tertiary/aromatic N) is 1. The van der Waals surface area contributed by atoms with Gasteiger partial charge in [-0.05, 0) is 25.0 Å². The van der Waals surface area contributed by atoms with Crippen molar-refractivity contribution in [3.8, 4) is 0 Å². The number of carboxylic acids is 1. The lowest BCUT2D eigenvalue weighted by Crippen LogP contribution is -2.46. The van der Waals surface area contributed by atoms with Gasteiger partial charge in [-0.3, -0.25) is 14.4 Å². The van der Waals surface area contributed by atoms with E-state index in [9.17, 15) is 14.4 Å². The van der Waals surface area contributed by atoms with Crippen molar-refractivity contribution < 1.29 is 19.5 Å². The topological polar surface area (TPSA) is 86.7 Å². The van der Waals surface area contributed by atoms with Gasteiger partial charge in [-0.25, -0.2) is 0 Å². The zero-order valence-corrected chi connectivity index (χ0v) is 13.2. The van der Waals surface area contributed by atoms with Crippen molar-refractivity contribution in [2.24, 2.45) is 11.8 Å². The lowest BCUT2D eigenvalue weighted by Gasteiger charge is -2.32. The standard InChI is InChI=1S/C17H22N2O4/c1-12(17(22)23)10-18-15(20)14-8-5-9-19(11-14)16(21)13-6-3-2-4-7-13/h2-4,6-7,12,14H,5,8-11H2,1H3,(H,18,20)(H,22,23). The SMILES string of the molecule is CC(CNC(=O)C1CCCN(C(=O)c2ccccc2)C1)C(=O)O. The highest BCUT2D eigenvalue weighted by Crippen LogP contribution is 2.19. The van der Waals surface area contributed by atoms with Gasteiger partial charge in [0, 0.05) is 25.2 Å². The molecular weight excluding hydrogens is 296 g/mol. The van der Waals surface area contributed by atoms with Gasteiger partial charge in [0.1, 0.15) is 0 Å². The van der Waals surface area contributed by atoms with Crippen molar-refractivity contribution in [1.82, 2.24) is 10.2 Å². The van der Waals surface area contributed by atoms with Crippen LogP contribution in [0.1, 0.15) is 30.1 Å². The molecule has 1 aliphatic rings. The Morgan fingerprint density at radius 1 is 1.30 bits per heavy atom. The summed E-state index contributed by atoms with van der Waals surface area (Å²) < 4.78 is 0. The zero-order chi connectivity index (χ0) is 16.8. The van der Waals surface area contributed by atoms with Crippen LogP contribution < -0.4 is 5.32 Å². The molecule has 1 heterocycles. The molecule has 1 aromatic carbocycles. The van der Waals surface area contributed by atoms with E-state index in [1.807, 2.05) is 18.2 Å². The highest BCUT2D eigenvalue weighted by Gasteiger charge is 2.29. The summed E-state index contributed by atoms with van der Waals surface area (Å²) in [5.41, 5.74) is 0.619. The number of rotatable bonds is 5. The van der Waals surface area contributed by atoms with Crippen LogP contribution >= 0.6 is 0 Å². The minimum absolute atomic E-state index is 0.0676. The van der Waals surface area contributed by atoms with Gasteiger partial charge < -0.3 is 15.3 Å². The largest absolute Gasteiger partial charge is 0.481 e. The molecule has 2 amide bonds. The highest BCUT2D eigenvalue weighted by atomic mass is 16.4. The third-order valence-corrected chi connectivity index (χ3v) is 4.10. The average molecular weight is 318 g/mol. The molecular formula is C17H22N2O4. The van der Waals surface area contributed by atoms with Crippen LogP contribution in [0.4, 0.5) is 0 Å². The number of piperidine rings is 1. The summed E-state index contributed by atoms with van der Waals surface area (Å²) in [6, 6.07) is 9.01. The van der Waals surface area contributed by atoms with Crippen LogP contribution in [0.15, 0.2) is 30.3 Å². The Labute approximate surface area is 135 Å². The van der Waals surface area contributed by atoms with Gasteiger partial charge in [-0.1, -0.05) is 25.1 Å². The molecule has 2 atom stereocenters. The molecule has 1 aliphatic heterocycles. The predicted octanol–water partition coefficient (Wildman–Crippen LogP) is 1.38. The fourth-order valence-corrected chi connectivity index (χ4v) is 2.62. The lowest BCUT2D eigenvalue weighted by atomic mass is 9.96. The molecule has 2 unspecified atom stereocenters. The third-order valence-electron chi connectivity index (χ3n) is 4.10. The number of amides is 2. The molecule has 0 bridgehead atoms. The summed E-state index contributed by atoms with van der Waals surface area (Å²) in [7, 11) is 0. The van der Waals surface area contributed by atoms with E-state index in [0.717, 1.165) is 6.42 Å². The van der Waals surface area contributed by atoms with E-state index in [1.165, 1.54) is 0 Å². The molecule has 6 heteroatoms. The van der Waals surface area contributed by atoms with E-state index in [4.69, 9.17) is 5.11 Å². The first kappa shape index (κ1) is 17.0. The van der Waals surface area contributed by atoms with E-state index in [0.29, 0.717) is 25.1 Å². The third kappa shape index (κ3) is 4.55. The number of carbonyl (C=O) groups is 3. The normalized spacial score (nSPS) is 19.0. The van der Waals surface area contributed by atoms with Gasteiger partial charge in [0.15, 0.2) is 0 Å². The summed E-state index contributed by atoms with van der Waals surface area (Å²) in [6.07, 6.45) is 1.48. The molecule has 0 aliphatic carbocycles. The van der Waals surface area contributed by atoms with E-state index in [-0.39, 0.29) is 24.3 Å². The molecule has 1 fully saturated rings. The van der Waals surface area contributed by atoms with Crippen molar-refractivity contribution in [2.45, 2.75) is 19.8 Å². The maximum atomic E-state index is 12.4. The maximum Gasteiger partial charge on any atom is 0.308 e. The first-order valence-corrected chi connectivity index (χ1v) is 7.84. The van der Waals surface area contributed by atoms with Gasteiger partial charge in [-0.2, -0.15) is 0 Å². The molecule has 0 spiro atoms. The van der Waals surface area contributed by atoms with E-state index in [2.05, 4.69) is 5.32 Å². The monoisotopic (exact) mass is 318 g/mol. The number of hydrogen-bond acceptors (Lipinski definition) is 3. The van der Waals surface area contributed by atoms with Gasteiger partial charge in [0.05, 0.1) is 11.8 Å². The van der Waals surface area contributed by atoms with E-state index >= 15 is 0 Å². The number of benzene rings is 1. The number of nitrogens with one attached hydrogen (secondary N) is 1. The lowest BCUT2D eigenvalue weighted by molar-refractivity contribution is -0.141. The van der Waals surface area contributed by atoms with Crippen LogP contribution in [0.3, 0.4) is 0 Å². The molecule has 0 aromatic heterocycles. The van der Waals surface area contributed by atoms with Crippen molar-refractivity contribution in [3.05, 3.63) is 35.9 Å². The molecule has 0 saturated carbocycles. The smallest absolute Gasteiger partial charge is 0.308 e. The second-order valence-electron chi connectivity index (χ2n) is 5.94. The number of hydrogen-bond donors (Lipinski definition) is 2. The van der Waals surface area contributed by atoms with Gasteiger partial charge in [0.25, 0.3) is 5.91 Å². The minimum atomic E-state index is -0.935. The summed E-state index contributed by atoms with van der Waals surface area (Å²) in [5.74, 6) is -2.08. The minimum Gasteiger partial charge on any atom is -0.481 e. The molecule has 1 aromatic rings. The number of carbonyl (C=O) groups excluding carboxylic acids is 2. The Hall–Kier alpha value is -2.37. The van der Waals surface area contributed by atoms with E-state index < -0.39 is 11.9 Å². The Kier molecular flexibility index (Phi) is 5.73. The number of likely N-dealkylation sites (tertiary alicyclic amines) is 1. The van der Waals surface area contributed by atoms with Gasteiger partial charge in [-0.15, -0.1) is 0 Å². The predicted molar refractivity (Wildman–Crippen MR) is 84.9 cm³/mol. The number of carboxylic acid groups (broad SMARTS) is 1.